The summed E-state index contributed by atoms with van der Waals surface area (Å²) in [5.74, 6) is 0. The monoisotopic (exact) mass is 275 g/mol. The van der Waals surface area contributed by atoms with Crippen molar-refractivity contribution < 1.29 is 0 Å². The molecule has 2 heterocycles. The van der Waals surface area contributed by atoms with Gasteiger partial charge in [-0.05, 0) is 29.5 Å². The molecule has 0 saturated carbocycles. The molecule has 0 fully saturated rings. The first-order chi connectivity index (χ1) is 5.68. The van der Waals surface area contributed by atoms with Crippen molar-refractivity contribution in [3.05, 3.63) is 31.9 Å². The summed E-state index contributed by atoms with van der Waals surface area (Å²) in [4.78, 5) is 13.7. The van der Waals surface area contributed by atoms with E-state index in [1.54, 1.807) is 10.7 Å². The van der Waals surface area contributed by atoms with Crippen molar-refractivity contribution in [2.24, 2.45) is 0 Å². The second-order valence-electron chi connectivity index (χ2n) is 2.50. The normalized spacial score (nSPS) is 10.8. The average Bonchev–Trinajstić information content (AvgIpc) is 2.31. The number of aromatic amines is 1. The minimum Gasteiger partial charge on any atom is -0.306 e. The first kappa shape index (κ1) is 7.78. The van der Waals surface area contributed by atoms with E-state index in [9.17, 15) is 4.79 Å². The van der Waals surface area contributed by atoms with E-state index in [-0.39, 0.29) is 5.56 Å². The second kappa shape index (κ2) is 2.58. The molecule has 2 aromatic rings. The van der Waals surface area contributed by atoms with E-state index in [0.29, 0.717) is 0 Å². The Labute approximate surface area is 81.7 Å². The van der Waals surface area contributed by atoms with Gasteiger partial charge in [-0.1, -0.05) is 0 Å². The van der Waals surface area contributed by atoms with Crippen LogP contribution in [0.2, 0.25) is 0 Å². The highest BCUT2D eigenvalue weighted by Crippen LogP contribution is 2.13. The number of aromatic nitrogens is 3. The molecule has 5 heteroatoms. The van der Waals surface area contributed by atoms with Crippen LogP contribution in [0.25, 0.3) is 5.65 Å². The van der Waals surface area contributed by atoms with E-state index in [1.807, 2.05) is 6.92 Å². The summed E-state index contributed by atoms with van der Waals surface area (Å²) >= 11 is 2.16. The molecule has 0 aliphatic heterocycles. The van der Waals surface area contributed by atoms with Gasteiger partial charge in [0, 0.05) is 12.3 Å². The molecule has 0 atom stereocenters. The van der Waals surface area contributed by atoms with Crippen LogP contribution in [0, 0.1) is 10.5 Å². The third-order valence-corrected chi connectivity index (χ3v) is 2.91. The molecule has 0 aliphatic carbocycles. The van der Waals surface area contributed by atoms with Crippen LogP contribution in [-0.2, 0) is 0 Å². The van der Waals surface area contributed by atoms with Gasteiger partial charge >= 0.3 is 0 Å². The van der Waals surface area contributed by atoms with Crippen LogP contribution in [0.4, 0.5) is 0 Å². The van der Waals surface area contributed by atoms with Gasteiger partial charge in [-0.15, -0.1) is 0 Å². The molecule has 2 rings (SSSR count). The van der Waals surface area contributed by atoms with E-state index >= 15 is 0 Å². The van der Waals surface area contributed by atoms with Gasteiger partial charge in [0.25, 0.3) is 5.56 Å². The van der Waals surface area contributed by atoms with E-state index < -0.39 is 0 Å². The molecule has 1 N–H and O–H groups in total. The van der Waals surface area contributed by atoms with E-state index in [0.717, 1.165) is 14.9 Å². The smallest absolute Gasteiger partial charge is 0.251 e. The van der Waals surface area contributed by atoms with Gasteiger partial charge in [0.1, 0.15) is 5.65 Å². The van der Waals surface area contributed by atoms with Crippen LogP contribution in [0.5, 0.6) is 0 Å². The van der Waals surface area contributed by atoms with Gasteiger partial charge in [-0.2, -0.15) is 5.10 Å². The number of halogens is 1. The summed E-state index contributed by atoms with van der Waals surface area (Å²) in [5, 5.41) is 4.19. The minimum absolute atomic E-state index is 0.0969. The summed E-state index contributed by atoms with van der Waals surface area (Å²) in [5.41, 5.74) is 1.60. The number of rotatable bonds is 0. The molecule has 0 amide bonds. The number of nitrogens with zero attached hydrogens (tertiary/aromatic N) is 2. The van der Waals surface area contributed by atoms with Crippen LogP contribution in [-0.4, -0.2) is 14.6 Å². The van der Waals surface area contributed by atoms with Crippen LogP contribution in [0.3, 0.4) is 0 Å². The van der Waals surface area contributed by atoms with Crippen molar-refractivity contribution in [3.63, 3.8) is 0 Å². The fraction of sp³-hybridized carbons (Fsp3) is 0.143. The Morgan fingerprint density at radius 1 is 1.67 bits per heavy atom. The molecule has 0 aromatic carbocycles. The molecular weight excluding hydrogens is 269 g/mol. The Kier molecular flexibility index (Phi) is 1.67. The third-order valence-electron chi connectivity index (χ3n) is 1.62. The Morgan fingerprint density at radius 2 is 2.42 bits per heavy atom. The lowest BCUT2D eigenvalue weighted by Gasteiger charge is -1.89. The van der Waals surface area contributed by atoms with E-state index in [2.05, 4.69) is 32.7 Å². The van der Waals surface area contributed by atoms with Gasteiger partial charge in [0.05, 0.1) is 9.26 Å². The lowest BCUT2D eigenvalue weighted by molar-refractivity contribution is 0.910. The highest BCUT2D eigenvalue weighted by molar-refractivity contribution is 14.1. The number of aryl methyl sites for hydroxylation is 1. The Balaban J connectivity index is 2.98. The number of fused-ring (bicyclic) bond motifs is 1. The Morgan fingerprint density at radius 3 is 3.17 bits per heavy atom. The quantitative estimate of drug-likeness (QED) is 0.727. The zero-order valence-corrected chi connectivity index (χ0v) is 8.49. The van der Waals surface area contributed by atoms with Crippen molar-refractivity contribution in [1.82, 2.24) is 14.6 Å². The molecule has 0 aliphatic rings. The van der Waals surface area contributed by atoms with Crippen LogP contribution >= 0.6 is 22.6 Å². The maximum Gasteiger partial charge on any atom is 0.251 e. The highest BCUT2D eigenvalue weighted by Gasteiger charge is 2.05. The van der Waals surface area contributed by atoms with Crippen molar-refractivity contribution in [2.75, 3.05) is 0 Å². The summed E-state index contributed by atoms with van der Waals surface area (Å²) in [6.07, 6.45) is 1.66. The molecule has 12 heavy (non-hydrogen) atoms. The Hall–Kier alpha value is -0.850. The van der Waals surface area contributed by atoms with E-state index in [1.165, 1.54) is 6.07 Å². The molecule has 0 spiro atoms. The van der Waals surface area contributed by atoms with Gasteiger partial charge in [-0.3, -0.25) is 4.79 Å². The zero-order chi connectivity index (χ0) is 8.72. The van der Waals surface area contributed by atoms with Gasteiger partial charge in [0.2, 0.25) is 0 Å². The molecular formula is C7H6IN3O. The first-order valence-corrected chi connectivity index (χ1v) is 4.50. The van der Waals surface area contributed by atoms with Crippen LogP contribution in [0.1, 0.15) is 5.69 Å². The van der Waals surface area contributed by atoms with Crippen molar-refractivity contribution in [3.8, 4) is 0 Å². The standard InChI is InChI=1S/C7H6IN3O/c1-4-6(8)7-9-5(12)2-3-11(7)10-4/h2-3H,1H3,(H,9,12). The van der Waals surface area contributed by atoms with Crippen LogP contribution in [0.15, 0.2) is 17.1 Å². The molecule has 0 unspecified atom stereocenters. The topological polar surface area (TPSA) is 50.2 Å². The Bertz CT molecular complexity index is 485. The highest BCUT2D eigenvalue weighted by atomic mass is 127. The van der Waals surface area contributed by atoms with Gasteiger partial charge in [0.15, 0.2) is 0 Å². The van der Waals surface area contributed by atoms with Crippen molar-refractivity contribution >= 4 is 28.2 Å². The van der Waals surface area contributed by atoms with Gasteiger partial charge in [-0.25, -0.2) is 4.52 Å². The third kappa shape index (κ3) is 1.04. The molecule has 0 bridgehead atoms. The number of hydrogen-bond donors (Lipinski definition) is 1. The fourth-order valence-corrected chi connectivity index (χ4v) is 1.53. The molecule has 0 saturated heterocycles. The van der Waals surface area contributed by atoms with Gasteiger partial charge < -0.3 is 4.98 Å². The lowest BCUT2D eigenvalue weighted by atomic mass is 10.5. The summed E-state index contributed by atoms with van der Waals surface area (Å²) in [6.45, 7) is 1.91. The zero-order valence-electron chi connectivity index (χ0n) is 6.34. The van der Waals surface area contributed by atoms with Crippen molar-refractivity contribution in [1.29, 1.82) is 0 Å². The maximum absolute atomic E-state index is 10.9. The molecule has 4 nitrogen and oxygen atoms in total. The fourth-order valence-electron chi connectivity index (χ4n) is 1.04. The number of H-pyrrole nitrogens is 1. The molecule has 0 radical (unpaired) electrons. The minimum atomic E-state index is -0.0969. The van der Waals surface area contributed by atoms with E-state index in [4.69, 9.17) is 0 Å². The number of hydrogen-bond acceptors (Lipinski definition) is 2. The average molecular weight is 275 g/mol. The lowest BCUT2D eigenvalue weighted by Crippen LogP contribution is -2.05. The summed E-state index contributed by atoms with van der Waals surface area (Å²) < 4.78 is 2.66. The largest absolute Gasteiger partial charge is 0.306 e. The molecule has 62 valence electrons. The summed E-state index contributed by atoms with van der Waals surface area (Å²) in [6, 6.07) is 1.45. The SMILES string of the molecule is Cc1nn2ccc(=O)[nH]c2c1I. The summed E-state index contributed by atoms with van der Waals surface area (Å²) in [7, 11) is 0. The first-order valence-electron chi connectivity index (χ1n) is 3.42. The predicted molar refractivity (Wildman–Crippen MR) is 53.3 cm³/mol. The van der Waals surface area contributed by atoms with Crippen molar-refractivity contribution in [2.45, 2.75) is 6.92 Å². The molecule has 2 aromatic heterocycles. The predicted octanol–water partition coefficient (Wildman–Crippen LogP) is 0.936. The number of nitrogens with one attached hydrogen (secondary N) is 1. The second-order valence-corrected chi connectivity index (χ2v) is 3.58. The maximum atomic E-state index is 10.9. The van der Waals surface area contributed by atoms with Crippen LogP contribution < -0.4 is 5.56 Å².